The van der Waals surface area contributed by atoms with Crippen LogP contribution in [0.5, 0.6) is 0 Å². The fourth-order valence-corrected chi connectivity index (χ4v) is 2.10. The molecule has 2 rings (SSSR count). The van der Waals surface area contributed by atoms with Crippen LogP contribution in [0.4, 0.5) is 4.39 Å². The molecule has 0 saturated carbocycles. The minimum Gasteiger partial charge on any atom is -0.383 e. The quantitative estimate of drug-likeness (QED) is 0.939. The van der Waals surface area contributed by atoms with Crippen LogP contribution in [0.25, 0.3) is 0 Å². The van der Waals surface area contributed by atoms with Crippen molar-refractivity contribution in [1.29, 1.82) is 0 Å². The highest BCUT2D eigenvalue weighted by Crippen LogP contribution is 2.28. The Morgan fingerprint density at radius 1 is 1.26 bits per heavy atom. The smallest absolute Gasteiger partial charge is 0.130 e. The number of halogens is 2. The van der Waals surface area contributed by atoms with Gasteiger partial charge >= 0.3 is 0 Å². The number of hydrogen-bond donors (Lipinski definition) is 1. The van der Waals surface area contributed by atoms with E-state index >= 15 is 0 Å². The van der Waals surface area contributed by atoms with Crippen LogP contribution in [0.1, 0.15) is 35.5 Å². The van der Waals surface area contributed by atoms with Crippen molar-refractivity contribution in [3.05, 3.63) is 57.6 Å². The van der Waals surface area contributed by atoms with Gasteiger partial charge in [0.15, 0.2) is 0 Å². The van der Waals surface area contributed by atoms with Gasteiger partial charge in [0.25, 0.3) is 0 Å². The van der Waals surface area contributed by atoms with Gasteiger partial charge in [-0.3, -0.25) is 0 Å². The summed E-state index contributed by atoms with van der Waals surface area (Å²) in [5.74, 6) is -0.531. The second-order valence-corrected chi connectivity index (χ2v) is 4.75. The van der Waals surface area contributed by atoms with Crippen molar-refractivity contribution in [2.24, 2.45) is 0 Å². The summed E-state index contributed by atoms with van der Waals surface area (Å²) in [6.45, 7) is 3.69. The molecule has 5 heteroatoms. The minimum absolute atomic E-state index is 0.187. The van der Waals surface area contributed by atoms with E-state index in [1.165, 1.54) is 12.1 Å². The van der Waals surface area contributed by atoms with Gasteiger partial charge in [-0.2, -0.15) is 10.2 Å². The minimum atomic E-state index is -1.07. The second-order valence-electron chi connectivity index (χ2n) is 4.31. The molecular weight excluding hydrogens is 267 g/mol. The Morgan fingerprint density at radius 2 is 2.00 bits per heavy atom. The lowest BCUT2D eigenvalue weighted by molar-refractivity contribution is 0.213. The maximum atomic E-state index is 13.8. The molecular formula is C14H14ClFN2O. The highest BCUT2D eigenvalue weighted by atomic mass is 35.5. The zero-order valence-corrected chi connectivity index (χ0v) is 11.4. The molecule has 0 aliphatic rings. The third-order valence-electron chi connectivity index (χ3n) is 2.91. The van der Waals surface area contributed by atoms with Gasteiger partial charge in [-0.15, -0.1) is 0 Å². The number of benzene rings is 1. The highest BCUT2D eigenvalue weighted by Gasteiger charge is 2.19. The van der Waals surface area contributed by atoms with E-state index in [1.807, 2.05) is 6.92 Å². The molecule has 0 spiro atoms. The monoisotopic (exact) mass is 280 g/mol. The lowest BCUT2D eigenvalue weighted by atomic mass is 9.98. The van der Waals surface area contributed by atoms with E-state index in [-0.39, 0.29) is 5.56 Å². The van der Waals surface area contributed by atoms with Gasteiger partial charge in [-0.25, -0.2) is 4.39 Å². The Labute approximate surface area is 116 Å². The van der Waals surface area contributed by atoms with E-state index in [0.717, 1.165) is 0 Å². The summed E-state index contributed by atoms with van der Waals surface area (Å²) in [5.41, 5.74) is 2.11. The Kier molecular flexibility index (Phi) is 4.12. The lowest BCUT2D eigenvalue weighted by Gasteiger charge is -2.15. The number of aliphatic hydroxyl groups is 1. The van der Waals surface area contributed by atoms with E-state index in [9.17, 15) is 9.50 Å². The van der Waals surface area contributed by atoms with Crippen LogP contribution in [-0.4, -0.2) is 15.3 Å². The molecule has 100 valence electrons. The fraction of sp³-hybridized carbons (Fsp3) is 0.286. The van der Waals surface area contributed by atoms with Gasteiger partial charge < -0.3 is 5.11 Å². The number of rotatable bonds is 3. The van der Waals surface area contributed by atoms with Gasteiger partial charge in [0, 0.05) is 16.1 Å². The Morgan fingerprint density at radius 3 is 2.63 bits per heavy atom. The Bertz CT molecular complexity index is 604. The van der Waals surface area contributed by atoms with E-state index in [1.54, 1.807) is 19.1 Å². The van der Waals surface area contributed by atoms with Crippen LogP contribution in [0, 0.1) is 12.7 Å². The first-order valence-corrected chi connectivity index (χ1v) is 6.36. The SMILES string of the molecule is CCc1nnc(C)cc1C(O)c1ccc(Cl)cc1F. The number of nitrogens with zero attached hydrogens (tertiary/aromatic N) is 2. The van der Waals surface area contributed by atoms with Gasteiger partial charge in [0.2, 0.25) is 0 Å². The van der Waals surface area contributed by atoms with Crippen LogP contribution < -0.4 is 0 Å². The van der Waals surface area contributed by atoms with Gasteiger partial charge in [-0.05, 0) is 31.5 Å². The maximum absolute atomic E-state index is 13.8. The summed E-state index contributed by atoms with van der Waals surface area (Å²) in [5, 5.41) is 18.6. The molecule has 1 unspecified atom stereocenters. The lowest BCUT2D eigenvalue weighted by Crippen LogP contribution is -2.09. The van der Waals surface area contributed by atoms with Crippen molar-refractivity contribution in [2.45, 2.75) is 26.4 Å². The normalized spacial score (nSPS) is 12.5. The number of aliphatic hydroxyl groups excluding tert-OH is 1. The average Bonchev–Trinajstić information content (AvgIpc) is 2.38. The summed E-state index contributed by atoms with van der Waals surface area (Å²) >= 11 is 5.71. The maximum Gasteiger partial charge on any atom is 0.130 e. The van der Waals surface area contributed by atoms with Crippen LogP contribution >= 0.6 is 11.6 Å². The molecule has 1 atom stereocenters. The molecule has 1 heterocycles. The summed E-state index contributed by atoms with van der Waals surface area (Å²) in [7, 11) is 0. The first kappa shape index (κ1) is 13.9. The van der Waals surface area contributed by atoms with E-state index < -0.39 is 11.9 Å². The zero-order chi connectivity index (χ0) is 14.0. The summed E-state index contributed by atoms with van der Waals surface area (Å²) in [6, 6.07) is 5.95. The summed E-state index contributed by atoms with van der Waals surface area (Å²) in [6.07, 6.45) is -0.448. The molecule has 0 amide bonds. The van der Waals surface area contributed by atoms with Crippen LogP contribution in [0.2, 0.25) is 5.02 Å². The molecule has 0 aliphatic heterocycles. The summed E-state index contributed by atoms with van der Waals surface area (Å²) < 4.78 is 13.8. The van der Waals surface area contributed by atoms with Crippen LogP contribution in [-0.2, 0) is 6.42 Å². The fourth-order valence-electron chi connectivity index (χ4n) is 1.94. The first-order valence-electron chi connectivity index (χ1n) is 5.99. The van der Waals surface area contributed by atoms with E-state index in [2.05, 4.69) is 10.2 Å². The van der Waals surface area contributed by atoms with E-state index in [0.29, 0.717) is 28.4 Å². The molecule has 0 saturated heterocycles. The van der Waals surface area contributed by atoms with Crippen molar-refractivity contribution in [2.75, 3.05) is 0 Å². The molecule has 3 nitrogen and oxygen atoms in total. The molecule has 0 radical (unpaired) electrons. The largest absolute Gasteiger partial charge is 0.383 e. The van der Waals surface area contributed by atoms with Crippen LogP contribution in [0.15, 0.2) is 24.3 Å². The molecule has 0 aliphatic carbocycles. The average molecular weight is 281 g/mol. The third kappa shape index (κ3) is 2.91. The van der Waals surface area contributed by atoms with Gasteiger partial charge in [0.1, 0.15) is 11.9 Å². The van der Waals surface area contributed by atoms with E-state index in [4.69, 9.17) is 11.6 Å². The number of aryl methyl sites for hydroxylation is 2. The van der Waals surface area contributed by atoms with Gasteiger partial charge in [0.05, 0.1) is 11.4 Å². The van der Waals surface area contributed by atoms with Crippen molar-refractivity contribution in [3.63, 3.8) is 0 Å². The van der Waals surface area contributed by atoms with Crippen molar-refractivity contribution in [3.8, 4) is 0 Å². The molecule has 1 N–H and O–H groups in total. The predicted molar refractivity (Wildman–Crippen MR) is 71.6 cm³/mol. The topological polar surface area (TPSA) is 46.0 Å². The zero-order valence-electron chi connectivity index (χ0n) is 10.7. The molecule has 1 aromatic carbocycles. The van der Waals surface area contributed by atoms with Crippen molar-refractivity contribution >= 4 is 11.6 Å². The molecule has 0 fully saturated rings. The molecule has 0 bridgehead atoms. The number of aromatic nitrogens is 2. The third-order valence-corrected chi connectivity index (χ3v) is 3.15. The predicted octanol–water partition coefficient (Wildman–Crippen LogP) is 3.22. The number of hydrogen-bond acceptors (Lipinski definition) is 3. The van der Waals surface area contributed by atoms with Crippen molar-refractivity contribution < 1.29 is 9.50 Å². The van der Waals surface area contributed by atoms with Crippen LogP contribution in [0.3, 0.4) is 0 Å². The Balaban J connectivity index is 2.49. The van der Waals surface area contributed by atoms with Gasteiger partial charge in [-0.1, -0.05) is 24.6 Å². The second kappa shape index (κ2) is 5.63. The summed E-state index contributed by atoms with van der Waals surface area (Å²) in [4.78, 5) is 0. The molecule has 1 aromatic heterocycles. The molecule has 2 aromatic rings. The Hall–Kier alpha value is -1.52. The molecule has 19 heavy (non-hydrogen) atoms. The highest BCUT2D eigenvalue weighted by molar-refractivity contribution is 6.30. The first-order chi connectivity index (χ1) is 9.02. The van der Waals surface area contributed by atoms with Crippen molar-refractivity contribution in [1.82, 2.24) is 10.2 Å². The standard InChI is InChI=1S/C14H14ClFN2O/c1-3-13-11(6-8(2)17-18-13)14(19)10-5-4-9(15)7-12(10)16/h4-7,14,19H,3H2,1-2H3.